The molecule has 0 spiro atoms. The lowest BCUT2D eigenvalue weighted by molar-refractivity contribution is -0.138. The number of carboxylic acid groups (broad SMARTS) is 1. The van der Waals surface area contributed by atoms with E-state index in [1.807, 2.05) is 0 Å². The molecule has 2 atom stereocenters. The van der Waals surface area contributed by atoms with Gasteiger partial charge in [0.25, 0.3) is 0 Å². The molecular weight excluding hydrogens is 495 g/mol. The highest BCUT2D eigenvalue weighted by Gasteiger charge is 2.21. The topological polar surface area (TPSA) is 194 Å². The van der Waals surface area contributed by atoms with E-state index in [0.717, 1.165) is 38.5 Å². The molecule has 9 N–H and O–H groups in total. The first kappa shape index (κ1) is 38.0. The molecule has 0 heterocycles. The summed E-state index contributed by atoms with van der Waals surface area (Å²) in [4.78, 5) is 32.1. The van der Waals surface area contributed by atoms with Crippen molar-refractivity contribution in [3.8, 4) is 0 Å². The van der Waals surface area contributed by atoms with E-state index in [1.54, 1.807) is 0 Å². The van der Waals surface area contributed by atoms with Crippen LogP contribution >= 0.6 is 7.82 Å². The Bertz CT molecular complexity index is 600. The molecule has 0 amide bonds. The van der Waals surface area contributed by atoms with Crippen molar-refractivity contribution in [2.75, 3.05) is 6.54 Å². The first-order valence-electron chi connectivity index (χ1n) is 14.3. The number of aliphatic carboxylic acids is 1. The minimum Gasteiger partial charge on any atom is -0.480 e. The van der Waals surface area contributed by atoms with Gasteiger partial charge in [-0.15, -0.1) is 0 Å². The number of nitrogens with two attached hydrogens (primary N) is 3. The Hall–Kier alpha value is -1.19. The van der Waals surface area contributed by atoms with Crippen molar-refractivity contribution < 1.29 is 28.8 Å². The first-order chi connectivity index (χ1) is 17.5. The SMILES string of the molecule is CCCCCCCCCCCC(CCCCCCCC)OP(=O)(O)O.NC(N)=NCCCC(N)C(=O)O. The maximum Gasteiger partial charge on any atom is 0.469 e. The van der Waals surface area contributed by atoms with E-state index in [4.69, 9.17) is 36.6 Å². The second kappa shape index (κ2) is 26.4. The van der Waals surface area contributed by atoms with E-state index in [2.05, 4.69) is 18.8 Å². The third kappa shape index (κ3) is 32.8. The molecule has 0 fully saturated rings. The van der Waals surface area contributed by atoms with Gasteiger partial charge in [-0.2, -0.15) is 0 Å². The van der Waals surface area contributed by atoms with E-state index < -0.39 is 19.8 Å². The summed E-state index contributed by atoms with van der Waals surface area (Å²) in [5, 5.41) is 8.38. The Balaban J connectivity index is 0. The van der Waals surface area contributed by atoms with Crippen LogP contribution in [0.5, 0.6) is 0 Å². The van der Waals surface area contributed by atoms with Gasteiger partial charge in [0.15, 0.2) is 5.96 Å². The third-order valence-electron chi connectivity index (χ3n) is 6.08. The van der Waals surface area contributed by atoms with Crippen LogP contribution in [0, 0.1) is 0 Å². The largest absolute Gasteiger partial charge is 0.480 e. The van der Waals surface area contributed by atoms with Crippen molar-refractivity contribution in [2.45, 2.75) is 148 Å². The van der Waals surface area contributed by atoms with Crippen LogP contribution in [0.2, 0.25) is 0 Å². The van der Waals surface area contributed by atoms with Crippen molar-refractivity contribution in [2.24, 2.45) is 22.2 Å². The van der Waals surface area contributed by atoms with Gasteiger partial charge in [0, 0.05) is 6.54 Å². The van der Waals surface area contributed by atoms with Gasteiger partial charge in [-0.1, -0.05) is 110 Å². The molecule has 0 aliphatic rings. The monoisotopic (exact) mass is 552 g/mol. The van der Waals surface area contributed by atoms with Gasteiger partial charge in [0.05, 0.1) is 6.10 Å². The van der Waals surface area contributed by atoms with Crippen LogP contribution in [0.3, 0.4) is 0 Å². The van der Waals surface area contributed by atoms with Gasteiger partial charge in [-0.25, -0.2) is 4.57 Å². The number of carbonyl (C=O) groups is 1. The summed E-state index contributed by atoms with van der Waals surface area (Å²) in [7, 11) is -4.37. The Labute approximate surface area is 225 Å². The molecule has 10 nitrogen and oxygen atoms in total. The zero-order valence-electron chi connectivity index (χ0n) is 23.5. The molecule has 0 aromatic carbocycles. The molecule has 11 heteroatoms. The predicted octanol–water partition coefficient (Wildman–Crippen LogP) is 5.59. The summed E-state index contributed by atoms with van der Waals surface area (Å²) in [6.45, 7) is 4.86. The number of guanidine groups is 1. The van der Waals surface area contributed by atoms with Gasteiger partial charge >= 0.3 is 13.8 Å². The van der Waals surface area contributed by atoms with Crippen molar-refractivity contribution in [1.82, 2.24) is 0 Å². The highest BCUT2D eigenvalue weighted by molar-refractivity contribution is 7.46. The predicted molar refractivity (Wildman–Crippen MR) is 152 cm³/mol. The molecule has 0 aliphatic heterocycles. The molecule has 0 aromatic rings. The maximum atomic E-state index is 11.1. The fourth-order valence-corrected chi connectivity index (χ4v) is 4.52. The number of hydrogen-bond acceptors (Lipinski definition) is 5. The number of unbranched alkanes of at least 4 members (excludes halogenated alkanes) is 13. The lowest BCUT2D eigenvalue weighted by Crippen LogP contribution is -2.30. The fraction of sp³-hybridized carbons (Fsp3) is 0.923. The smallest absolute Gasteiger partial charge is 0.469 e. The van der Waals surface area contributed by atoms with Crippen molar-refractivity contribution >= 4 is 19.8 Å². The van der Waals surface area contributed by atoms with Crippen LogP contribution in [0.4, 0.5) is 0 Å². The average Bonchev–Trinajstić information content (AvgIpc) is 2.82. The molecule has 0 radical (unpaired) electrons. The number of hydrogen-bond donors (Lipinski definition) is 6. The summed E-state index contributed by atoms with van der Waals surface area (Å²) in [6.07, 6.45) is 20.7. The number of aliphatic imine (C=N–C) groups is 1. The summed E-state index contributed by atoms with van der Waals surface area (Å²) in [6, 6.07) is -0.820. The van der Waals surface area contributed by atoms with Crippen molar-refractivity contribution in [3.63, 3.8) is 0 Å². The fourth-order valence-electron chi connectivity index (χ4n) is 3.92. The number of phosphoric ester groups is 1. The van der Waals surface area contributed by atoms with E-state index >= 15 is 0 Å². The maximum absolute atomic E-state index is 11.1. The van der Waals surface area contributed by atoms with Crippen LogP contribution in [-0.4, -0.2) is 45.5 Å². The molecule has 37 heavy (non-hydrogen) atoms. The number of carboxylic acids is 1. The van der Waals surface area contributed by atoms with Gasteiger partial charge in [-0.05, 0) is 25.7 Å². The van der Waals surface area contributed by atoms with Crippen LogP contribution in [0.15, 0.2) is 4.99 Å². The standard InChI is InChI=1S/C20H43O4P.C6H14N4O2/c1-3-5-7-9-11-12-13-15-17-19-20(24-25(21,22)23)18-16-14-10-8-6-4-2;7-4(5(11)12)2-1-3-10-6(8)9/h20H,3-19H2,1-2H3,(H2,21,22,23);4H,1-3,7H2,(H,11,12)(H4,8,9,10). The summed E-state index contributed by atoms with van der Waals surface area (Å²) >= 11 is 0. The Morgan fingerprint density at radius 1 is 0.757 bits per heavy atom. The molecule has 0 saturated heterocycles. The third-order valence-corrected chi connectivity index (χ3v) is 6.65. The second-order valence-electron chi connectivity index (χ2n) is 9.79. The minimum atomic E-state index is -4.37. The van der Waals surface area contributed by atoms with Crippen LogP contribution < -0.4 is 17.2 Å². The Morgan fingerprint density at radius 3 is 1.51 bits per heavy atom. The quantitative estimate of drug-likeness (QED) is 0.0383. The zero-order chi connectivity index (χ0) is 28.4. The summed E-state index contributed by atoms with van der Waals surface area (Å²) < 4.78 is 16.2. The van der Waals surface area contributed by atoms with Crippen LogP contribution in [-0.2, 0) is 13.9 Å². The average molecular weight is 553 g/mol. The van der Waals surface area contributed by atoms with Gasteiger partial charge in [0.2, 0.25) is 0 Å². The van der Waals surface area contributed by atoms with E-state index in [0.29, 0.717) is 19.4 Å². The molecular formula is C26H57N4O6P. The number of nitrogens with zero attached hydrogens (tertiary/aromatic N) is 1. The summed E-state index contributed by atoms with van der Waals surface area (Å²) in [5.41, 5.74) is 15.3. The normalized spacial score (nSPS) is 12.9. The first-order valence-corrected chi connectivity index (χ1v) is 15.8. The molecule has 2 unspecified atom stereocenters. The minimum absolute atomic E-state index is 0.0129. The van der Waals surface area contributed by atoms with E-state index in [1.165, 1.54) is 70.6 Å². The number of rotatable bonds is 24. The van der Waals surface area contributed by atoms with Crippen LogP contribution in [0.25, 0.3) is 0 Å². The lowest BCUT2D eigenvalue weighted by Gasteiger charge is -2.18. The molecule has 0 aromatic heterocycles. The molecule has 0 aliphatic carbocycles. The van der Waals surface area contributed by atoms with Gasteiger partial charge < -0.3 is 32.1 Å². The van der Waals surface area contributed by atoms with E-state index in [9.17, 15) is 9.36 Å². The van der Waals surface area contributed by atoms with Gasteiger partial charge in [0.1, 0.15) is 6.04 Å². The molecule has 0 saturated carbocycles. The molecule has 222 valence electrons. The second-order valence-corrected chi connectivity index (χ2v) is 11.0. The summed E-state index contributed by atoms with van der Waals surface area (Å²) in [5.74, 6) is -0.987. The van der Waals surface area contributed by atoms with Crippen LogP contribution in [0.1, 0.15) is 136 Å². The van der Waals surface area contributed by atoms with Gasteiger partial charge in [-0.3, -0.25) is 14.3 Å². The van der Waals surface area contributed by atoms with Crippen molar-refractivity contribution in [1.29, 1.82) is 0 Å². The van der Waals surface area contributed by atoms with Crippen molar-refractivity contribution in [3.05, 3.63) is 0 Å². The highest BCUT2D eigenvalue weighted by Crippen LogP contribution is 2.39. The lowest BCUT2D eigenvalue weighted by atomic mass is 10.0. The Kier molecular flexibility index (Phi) is 27.1. The Morgan fingerprint density at radius 2 is 1.16 bits per heavy atom. The highest BCUT2D eigenvalue weighted by atomic mass is 31.2. The molecule has 0 bridgehead atoms. The van der Waals surface area contributed by atoms with E-state index in [-0.39, 0.29) is 12.1 Å². The zero-order valence-corrected chi connectivity index (χ0v) is 24.4. The number of phosphoric acid groups is 1. The molecule has 0 rings (SSSR count).